The molecule has 4 rings (SSSR count). The van der Waals surface area contributed by atoms with Crippen LogP contribution in [0.25, 0.3) is 11.3 Å². The molecular formula is C17H12Br2N5S-. The van der Waals surface area contributed by atoms with Gasteiger partial charge in [-0.1, -0.05) is 46.3 Å². The summed E-state index contributed by atoms with van der Waals surface area (Å²) in [4.78, 5) is 5.61. The van der Waals surface area contributed by atoms with E-state index in [1.807, 2.05) is 51.8 Å². The molecule has 0 atom stereocenters. The van der Waals surface area contributed by atoms with E-state index in [1.165, 1.54) is 0 Å². The molecule has 5 nitrogen and oxygen atoms in total. The van der Waals surface area contributed by atoms with Gasteiger partial charge in [-0.2, -0.15) is 0 Å². The maximum absolute atomic E-state index is 4.77. The predicted molar refractivity (Wildman–Crippen MR) is 97.9 cm³/mol. The lowest BCUT2D eigenvalue weighted by Gasteiger charge is -2.08. The van der Waals surface area contributed by atoms with Crippen molar-refractivity contribution < 1.29 is 17.0 Å². The van der Waals surface area contributed by atoms with Crippen molar-refractivity contribution in [3.8, 4) is 11.3 Å². The zero-order chi connectivity index (χ0) is 16.4. The van der Waals surface area contributed by atoms with Crippen LogP contribution < -0.4 is 21.8 Å². The van der Waals surface area contributed by atoms with E-state index in [0.29, 0.717) is 0 Å². The smallest absolute Gasteiger partial charge is 0.210 e. The van der Waals surface area contributed by atoms with Gasteiger partial charge in [0, 0.05) is 15.4 Å². The van der Waals surface area contributed by atoms with Crippen molar-refractivity contribution in [2.45, 2.75) is 0 Å². The Balaban J connectivity index is 0.00000182. The largest absolute Gasteiger partial charge is 1.00 e. The molecule has 25 heavy (non-hydrogen) atoms. The number of halogens is 2. The maximum Gasteiger partial charge on any atom is 0.210 e. The Morgan fingerprint density at radius 3 is 2.28 bits per heavy atom. The van der Waals surface area contributed by atoms with Crippen molar-refractivity contribution in [3.05, 3.63) is 81.9 Å². The second kappa shape index (κ2) is 7.90. The molecule has 0 saturated heterocycles. The first kappa shape index (κ1) is 17.8. The number of nitrogens with zero attached hydrogens (tertiary/aromatic N) is 5. The third-order valence-corrected chi connectivity index (χ3v) is 4.79. The van der Waals surface area contributed by atoms with Crippen LogP contribution in [0, 0.1) is 0 Å². The molecule has 0 aliphatic carbocycles. The van der Waals surface area contributed by atoms with Crippen molar-refractivity contribution in [2.24, 2.45) is 4.99 Å². The Labute approximate surface area is 167 Å². The summed E-state index contributed by atoms with van der Waals surface area (Å²) < 4.78 is 4.86. The molecule has 4 aromatic rings. The Hall–Kier alpha value is -2.03. The molecule has 8 heteroatoms. The highest BCUT2D eigenvalue weighted by Crippen LogP contribution is 2.21. The van der Waals surface area contributed by atoms with Crippen LogP contribution in [0.1, 0.15) is 0 Å². The van der Waals surface area contributed by atoms with Crippen molar-refractivity contribution in [2.75, 3.05) is 0 Å². The van der Waals surface area contributed by atoms with Crippen LogP contribution in [-0.4, -0.2) is 19.5 Å². The van der Waals surface area contributed by atoms with Gasteiger partial charge in [-0.05, 0) is 24.3 Å². The number of rotatable bonds is 3. The first-order valence-electron chi connectivity index (χ1n) is 7.23. The van der Waals surface area contributed by atoms with Gasteiger partial charge in [0.25, 0.3) is 0 Å². The average molecular weight is 478 g/mol. The summed E-state index contributed by atoms with van der Waals surface area (Å²) in [6.45, 7) is 0. The SMILES string of the molecule is Brc1ccc(N=c2scc(-c3ccccc3)n2-n2cnnc2)cc1.[Br-]. The van der Waals surface area contributed by atoms with E-state index in [9.17, 15) is 0 Å². The normalized spacial score (nSPS) is 11.3. The molecule has 0 N–H and O–H groups in total. The van der Waals surface area contributed by atoms with E-state index in [0.717, 1.165) is 26.2 Å². The standard InChI is InChI=1S/C17H12BrN5S.BrH/c18-14-6-8-15(9-7-14)21-17-23(22-11-19-20-12-22)16(10-24-17)13-4-2-1-3-5-13;/h1-12H;1H/p-1. The van der Waals surface area contributed by atoms with Crippen molar-refractivity contribution in [1.29, 1.82) is 0 Å². The van der Waals surface area contributed by atoms with E-state index in [4.69, 9.17) is 4.99 Å². The minimum Gasteiger partial charge on any atom is -1.00 e. The van der Waals surface area contributed by atoms with Crippen LogP contribution in [0.2, 0.25) is 0 Å². The van der Waals surface area contributed by atoms with E-state index in [-0.39, 0.29) is 17.0 Å². The monoisotopic (exact) mass is 476 g/mol. The maximum atomic E-state index is 4.77. The van der Waals surface area contributed by atoms with Crippen molar-refractivity contribution in [1.82, 2.24) is 19.5 Å². The van der Waals surface area contributed by atoms with Crippen LogP contribution in [0.5, 0.6) is 0 Å². The molecule has 0 aliphatic heterocycles. The quantitative estimate of drug-likeness (QED) is 0.444. The van der Waals surface area contributed by atoms with Gasteiger partial charge in [-0.25, -0.2) is 14.3 Å². The summed E-state index contributed by atoms with van der Waals surface area (Å²) in [6.07, 6.45) is 3.33. The molecular weight excluding hydrogens is 466 g/mol. The molecule has 126 valence electrons. The zero-order valence-electron chi connectivity index (χ0n) is 12.8. The molecule has 2 aromatic carbocycles. The average Bonchev–Trinajstić information content (AvgIpc) is 3.27. The van der Waals surface area contributed by atoms with E-state index < -0.39 is 0 Å². The fraction of sp³-hybridized carbons (Fsp3) is 0. The molecule has 0 unspecified atom stereocenters. The Bertz CT molecular complexity index is 1010. The summed E-state index contributed by atoms with van der Waals surface area (Å²) in [5.74, 6) is 0. The van der Waals surface area contributed by atoms with Crippen LogP contribution in [0.3, 0.4) is 0 Å². The lowest BCUT2D eigenvalue weighted by molar-refractivity contribution is -0.00000469. The molecule has 0 spiro atoms. The number of hydrogen-bond acceptors (Lipinski definition) is 4. The third kappa shape index (κ3) is 3.81. The Morgan fingerprint density at radius 1 is 0.920 bits per heavy atom. The molecule has 0 amide bonds. The summed E-state index contributed by atoms with van der Waals surface area (Å²) >= 11 is 5.02. The number of aromatic nitrogens is 4. The lowest BCUT2D eigenvalue weighted by atomic mass is 10.2. The van der Waals surface area contributed by atoms with Gasteiger partial charge in [0.2, 0.25) is 4.80 Å². The highest BCUT2D eigenvalue weighted by Gasteiger charge is 2.09. The predicted octanol–water partition coefficient (Wildman–Crippen LogP) is 1.12. The fourth-order valence-electron chi connectivity index (χ4n) is 2.33. The summed E-state index contributed by atoms with van der Waals surface area (Å²) in [7, 11) is 0. The molecule has 0 fully saturated rings. The number of hydrogen-bond donors (Lipinski definition) is 0. The van der Waals surface area contributed by atoms with Crippen LogP contribution in [-0.2, 0) is 0 Å². The summed E-state index contributed by atoms with van der Waals surface area (Å²) in [5, 5.41) is 9.93. The molecule has 0 saturated carbocycles. The second-order valence-corrected chi connectivity index (χ2v) is 6.76. The Kier molecular flexibility index (Phi) is 5.62. The van der Waals surface area contributed by atoms with Crippen molar-refractivity contribution >= 4 is 33.0 Å². The van der Waals surface area contributed by atoms with E-state index in [2.05, 4.69) is 43.6 Å². The lowest BCUT2D eigenvalue weighted by Crippen LogP contribution is -3.00. The molecule has 0 aliphatic rings. The summed E-state index contributed by atoms with van der Waals surface area (Å²) in [6, 6.07) is 18.1. The van der Waals surface area contributed by atoms with E-state index >= 15 is 0 Å². The first-order chi connectivity index (χ1) is 11.8. The summed E-state index contributed by atoms with van der Waals surface area (Å²) in [5.41, 5.74) is 3.04. The molecule has 0 radical (unpaired) electrons. The number of thiazole rings is 1. The van der Waals surface area contributed by atoms with Gasteiger partial charge in [0.15, 0.2) is 0 Å². The zero-order valence-corrected chi connectivity index (χ0v) is 16.8. The van der Waals surface area contributed by atoms with Gasteiger partial charge in [-0.15, -0.1) is 21.5 Å². The van der Waals surface area contributed by atoms with Gasteiger partial charge < -0.3 is 17.0 Å². The van der Waals surface area contributed by atoms with Gasteiger partial charge in [-0.3, -0.25) is 0 Å². The van der Waals surface area contributed by atoms with Crippen LogP contribution in [0.15, 0.2) is 82.1 Å². The minimum absolute atomic E-state index is 0. The fourth-order valence-corrected chi connectivity index (χ4v) is 3.50. The second-order valence-electron chi connectivity index (χ2n) is 5.01. The number of benzene rings is 2. The van der Waals surface area contributed by atoms with Gasteiger partial charge in [0.1, 0.15) is 12.7 Å². The molecule has 2 heterocycles. The molecule has 0 bridgehead atoms. The van der Waals surface area contributed by atoms with Gasteiger partial charge >= 0.3 is 0 Å². The van der Waals surface area contributed by atoms with Gasteiger partial charge in [0.05, 0.1) is 11.4 Å². The Morgan fingerprint density at radius 2 is 1.60 bits per heavy atom. The van der Waals surface area contributed by atoms with Crippen molar-refractivity contribution in [3.63, 3.8) is 0 Å². The molecule has 2 aromatic heterocycles. The van der Waals surface area contributed by atoms with Crippen LogP contribution in [0.4, 0.5) is 5.69 Å². The van der Waals surface area contributed by atoms with E-state index in [1.54, 1.807) is 24.0 Å². The topological polar surface area (TPSA) is 48.0 Å². The highest BCUT2D eigenvalue weighted by molar-refractivity contribution is 9.10. The minimum atomic E-state index is 0. The third-order valence-electron chi connectivity index (χ3n) is 3.44. The van der Waals surface area contributed by atoms with Crippen LogP contribution >= 0.6 is 27.3 Å². The highest BCUT2D eigenvalue weighted by atomic mass is 79.9. The first-order valence-corrected chi connectivity index (χ1v) is 8.90.